The highest BCUT2D eigenvalue weighted by molar-refractivity contribution is 5.84. The Hall–Kier alpha value is -2.53. The summed E-state index contributed by atoms with van der Waals surface area (Å²) >= 11 is 0. The van der Waals surface area contributed by atoms with Crippen molar-refractivity contribution in [3.05, 3.63) is 47.7 Å². The van der Waals surface area contributed by atoms with Gasteiger partial charge in [0.15, 0.2) is 5.82 Å². The second-order valence-electron chi connectivity index (χ2n) is 4.91. The Balaban J connectivity index is 2.20. The van der Waals surface area contributed by atoms with Gasteiger partial charge in [-0.15, -0.1) is 0 Å². The van der Waals surface area contributed by atoms with Crippen LogP contribution in [0.15, 0.2) is 36.4 Å². The molecular formula is C16H17N5. The summed E-state index contributed by atoms with van der Waals surface area (Å²) in [7, 11) is 0. The normalized spacial score (nSPS) is 10.8. The molecule has 1 aromatic carbocycles. The zero-order valence-corrected chi connectivity index (χ0v) is 12.1. The summed E-state index contributed by atoms with van der Waals surface area (Å²) in [4.78, 5) is 13.6. The fourth-order valence-electron chi connectivity index (χ4n) is 2.33. The molecule has 0 fully saturated rings. The third-order valence-electron chi connectivity index (χ3n) is 3.44. The maximum atomic E-state index is 5.48. The SMILES string of the molecule is CCc1cc(NN)nc(-c2cc(C)c3ccccc3n2)n1. The smallest absolute Gasteiger partial charge is 0.180 e. The van der Waals surface area contributed by atoms with Gasteiger partial charge < -0.3 is 5.43 Å². The van der Waals surface area contributed by atoms with Crippen LogP contribution in [0.25, 0.3) is 22.4 Å². The molecule has 5 heteroatoms. The van der Waals surface area contributed by atoms with Crippen LogP contribution in [0, 0.1) is 6.92 Å². The molecule has 3 N–H and O–H groups in total. The average molecular weight is 279 g/mol. The van der Waals surface area contributed by atoms with Crippen LogP contribution >= 0.6 is 0 Å². The monoisotopic (exact) mass is 279 g/mol. The number of fused-ring (bicyclic) bond motifs is 1. The first-order valence-electron chi connectivity index (χ1n) is 6.92. The lowest BCUT2D eigenvalue weighted by Crippen LogP contribution is -2.10. The summed E-state index contributed by atoms with van der Waals surface area (Å²) in [6, 6.07) is 11.9. The Kier molecular flexibility index (Phi) is 3.50. The molecule has 0 aliphatic heterocycles. The minimum atomic E-state index is 0.594. The average Bonchev–Trinajstić information content (AvgIpc) is 2.54. The third kappa shape index (κ3) is 2.55. The molecule has 0 spiro atoms. The van der Waals surface area contributed by atoms with Crippen LogP contribution in [0.3, 0.4) is 0 Å². The number of nitrogens with two attached hydrogens (primary N) is 1. The van der Waals surface area contributed by atoms with Crippen LogP contribution in [-0.2, 0) is 6.42 Å². The van der Waals surface area contributed by atoms with Gasteiger partial charge in [-0.05, 0) is 31.0 Å². The fraction of sp³-hybridized carbons (Fsp3) is 0.188. The lowest BCUT2D eigenvalue weighted by molar-refractivity contribution is 0.996. The number of benzene rings is 1. The summed E-state index contributed by atoms with van der Waals surface area (Å²) in [5.74, 6) is 6.68. The number of pyridine rings is 1. The number of nitrogen functional groups attached to an aromatic ring is 1. The van der Waals surface area contributed by atoms with Gasteiger partial charge in [0.05, 0.1) is 5.52 Å². The van der Waals surface area contributed by atoms with E-state index in [0.29, 0.717) is 11.6 Å². The van der Waals surface area contributed by atoms with Crippen LogP contribution in [-0.4, -0.2) is 15.0 Å². The molecule has 0 bridgehead atoms. The van der Waals surface area contributed by atoms with E-state index in [9.17, 15) is 0 Å². The van der Waals surface area contributed by atoms with E-state index in [0.717, 1.165) is 34.3 Å². The second kappa shape index (κ2) is 5.46. The Morgan fingerprint density at radius 2 is 1.90 bits per heavy atom. The summed E-state index contributed by atoms with van der Waals surface area (Å²) in [5, 5.41) is 1.14. The van der Waals surface area contributed by atoms with Crippen molar-refractivity contribution in [1.82, 2.24) is 15.0 Å². The first kappa shape index (κ1) is 13.5. The first-order chi connectivity index (χ1) is 10.2. The lowest BCUT2D eigenvalue weighted by atomic mass is 10.1. The van der Waals surface area contributed by atoms with Gasteiger partial charge in [0.25, 0.3) is 0 Å². The second-order valence-corrected chi connectivity index (χ2v) is 4.91. The van der Waals surface area contributed by atoms with E-state index in [1.165, 1.54) is 0 Å². The van der Waals surface area contributed by atoms with E-state index in [-0.39, 0.29) is 0 Å². The van der Waals surface area contributed by atoms with Crippen molar-refractivity contribution in [2.75, 3.05) is 5.43 Å². The molecule has 0 saturated carbocycles. The highest BCUT2D eigenvalue weighted by Gasteiger charge is 2.09. The largest absolute Gasteiger partial charge is 0.308 e. The maximum Gasteiger partial charge on any atom is 0.180 e. The van der Waals surface area contributed by atoms with Crippen LogP contribution in [0.4, 0.5) is 5.82 Å². The molecule has 0 saturated heterocycles. The number of aryl methyl sites for hydroxylation is 2. The summed E-state index contributed by atoms with van der Waals surface area (Å²) in [5.41, 5.74) is 6.38. The molecule has 2 aromatic heterocycles. The molecule has 0 aliphatic rings. The van der Waals surface area contributed by atoms with Gasteiger partial charge in [0.1, 0.15) is 11.5 Å². The zero-order chi connectivity index (χ0) is 14.8. The van der Waals surface area contributed by atoms with Gasteiger partial charge in [-0.25, -0.2) is 20.8 Å². The molecule has 0 atom stereocenters. The fourth-order valence-corrected chi connectivity index (χ4v) is 2.33. The molecule has 5 nitrogen and oxygen atoms in total. The zero-order valence-electron chi connectivity index (χ0n) is 12.1. The maximum absolute atomic E-state index is 5.48. The third-order valence-corrected chi connectivity index (χ3v) is 3.44. The van der Waals surface area contributed by atoms with Crippen molar-refractivity contribution >= 4 is 16.7 Å². The first-order valence-corrected chi connectivity index (χ1v) is 6.92. The number of rotatable bonds is 3. The van der Waals surface area contributed by atoms with Gasteiger partial charge in [0.2, 0.25) is 0 Å². The number of para-hydroxylation sites is 1. The van der Waals surface area contributed by atoms with Crippen molar-refractivity contribution < 1.29 is 0 Å². The van der Waals surface area contributed by atoms with Crippen LogP contribution in [0.5, 0.6) is 0 Å². The molecule has 106 valence electrons. The molecule has 0 unspecified atom stereocenters. The minimum Gasteiger partial charge on any atom is -0.308 e. The number of anilines is 1. The molecule has 0 amide bonds. The summed E-state index contributed by atoms with van der Waals surface area (Å²) in [6.07, 6.45) is 0.816. The van der Waals surface area contributed by atoms with Crippen LogP contribution in [0.2, 0.25) is 0 Å². The van der Waals surface area contributed by atoms with E-state index >= 15 is 0 Å². The molecule has 3 aromatic rings. The van der Waals surface area contributed by atoms with Gasteiger partial charge in [-0.2, -0.15) is 0 Å². The topological polar surface area (TPSA) is 76.7 Å². The number of hydrogen-bond acceptors (Lipinski definition) is 5. The quantitative estimate of drug-likeness (QED) is 0.569. The van der Waals surface area contributed by atoms with Crippen LogP contribution < -0.4 is 11.3 Å². The lowest BCUT2D eigenvalue weighted by Gasteiger charge is -2.08. The summed E-state index contributed by atoms with van der Waals surface area (Å²) < 4.78 is 0. The van der Waals surface area contributed by atoms with Crippen LogP contribution in [0.1, 0.15) is 18.2 Å². The van der Waals surface area contributed by atoms with E-state index in [1.807, 2.05) is 37.3 Å². The predicted octanol–water partition coefficient (Wildman–Crippen LogP) is 2.85. The molecule has 2 heterocycles. The minimum absolute atomic E-state index is 0.594. The van der Waals surface area contributed by atoms with Gasteiger partial charge in [-0.3, -0.25) is 0 Å². The van der Waals surface area contributed by atoms with Crippen molar-refractivity contribution in [2.45, 2.75) is 20.3 Å². The molecule has 0 aliphatic carbocycles. The molecule has 3 rings (SSSR count). The van der Waals surface area contributed by atoms with Gasteiger partial charge in [0, 0.05) is 17.1 Å². The molecular weight excluding hydrogens is 262 g/mol. The Labute approximate surface area is 123 Å². The predicted molar refractivity (Wildman–Crippen MR) is 84.7 cm³/mol. The molecule has 21 heavy (non-hydrogen) atoms. The summed E-state index contributed by atoms with van der Waals surface area (Å²) in [6.45, 7) is 4.12. The highest BCUT2D eigenvalue weighted by atomic mass is 15.3. The standard InChI is InChI=1S/C16H17N5/c1-3-11-9-15(21-17)20-16(18-11)14-8-10(2)12-6-4-5-7-13(12)19-14/h4-9H,3,17H2,1-2H3,(H,18,20,21). The van der Waals surface area contributed by atoms with E-state index in [2.05, 4.69) is 33.4 Å². The van der Waals surface area contributed by atoms with Crippen molar-refractivity contribution in [2.24, 2.45) is 5.84 Å². The number of hydrazine groups is 1. The van der Waals surface area contributed by atoms with E-state index in [4.69, 9.17) is 5.84 Å². The van der Waals surface area contributed by atoms with E-state index in [1.54, 1.807) is 0 Å². The Morgan fingerprint density at radius 3 is 2.67 bits per heavy atom. The van der Waals surface area contributed by atoms with Crippen molar-refractivity contribution in [1.29, 1.82) is 0 Å². The van der Waals surface area contributed by atoms with Gasteiger partial charge in [-0.1, -0.05) is 25.1 Å². The number of nitrogens with one attached hydrogen (secondary N) is 1. The highest BCUT2D eigenvalue weighted by Crippen LogP contribution is 2.23. The number of nitrogens with zero attached hydrogens (tertiary/aromatic N) is 3. The van der Waals surface area contributed by atoms with E-state index < -0.39 is 0 Å². The van der Waals surface area contributed by atoms with Crippen molar-refractivity contribution in [3.8, 4) is 11.5 Å². The molecule has 0 radical (unpaired) electrons. The Morgan fingerprint density at radius 1 is 1.10 bits per heavy atom. The Bertz CT molecular complexity index is 776. The number of aromatic nitrogens is 3. The van der Waals surface area contributed by atoms with Crippen molar-refractivity contribution in [3.63, 3.8) is 0 Å². The number of hydrogen-bond donors (Lipinski definition) is 2. The van der Waals surface area contributed by atoms with Gasteiger partial charge >= 0.3 is 0 Å².